The molecule has 0 aliphatic heterocycles. The number of aliphatic hydroxyl groups is 1. The van der Waals surface area contributed by atoms with E-state index in [-0.39, 0.29) is 6.61 Å². The van der Waals surface area contributed by atoms with E-state index in [4.69, 9.17) is 5.11 Å². The molecule has 0 saturated carbocycles. The number of nitrogens with zero attached hydrogens (tertiary/aromatic N) is 1. The Hall–Kier alpha value is -0.830. The van der Waals surface area contributed by atoms with E-state index in [1.807, 2.05) is 20.8 Å². The average molecular weight is 142 g/mol. The maximum absolute atomic E-state index is 8.48. The number of hydrogen-bond donors (Lipinski definition) is 2. The molecule has 0 atom stereocenters. The molecule has 0 bridgehead atoms. The minimum atomic E-state index is 0.0425. The summed E-state index contributed by atoms with van der Waals surface area (Å²) >= 11 is 0. The number of nitrogens with one attached hydrogen (secondary N) is 1. The Balaban J connectivity index is 0.000000371. The average Bonchev–Trinajstić information content (AvgIpc) is 2.40. The zero-order valence-corrected chi connectivity index (χ0v) is 6.68. The molecule has 1 rings (SSSR count). The minimum absolute atomic E-state index is 0.0425. The number of aromatic nitrogens is 2. The summed E-state index contributed by atoms with van der Waals surface area (Å²) < 4.78 is 0. The summed E-state index contributed by atoms with van der Waals surface area (Å²) in [5.41, 5.74) is 0.766. The van der Waals surface area contributed by atoms with Gasteiger partial charge in [0.05, 0.1) is 18.5 Å². The highest BCUT2D eigenvalue weighted by Gasteiger charge is 1.90. The van der Waals surface area contributed by atoms with Crippen molar-refractivity contribution in [2.24, 2.45) is 0 Å². The number of hydrogen-bond acceptors (Lipinski definition) is 2. The number of aromatic amines is 1. The lowest BCUT2D eigenvalue weighted by molar-refractivity contribution is 0.277. The molecule has 10 heavy (non-hydrogen) atoms. The van der Waals surface area contributed by atoms with Crippen LogP contribution in [0.4, 0.5) is 0 Å². The highest BCUT2D eigenvalue weighted by molar-refractivity contribution is 4.97. The molecule has 0 amide bonds. The zero-order valence-electron chi connectivity index (χ0n) is 6.68. The smallest absolute Gasteiger partial charge is 0.103 e. The van der Waals surface area contributed by atoms with Crippen LogP contribution in [0.1, 0.15) is 25.4 Å². The van der Waals surface area contributed by atoms with Gasteiger partial charge in [-0.1, -0.05) is 13.8 Å². The highest BCUT2D eigenvalue weighted by atomic mass is 16.3. The van der Waals surface area contributed by atoms with Crippen LogP contribution < -0.4 is 0 Å². The predicted molar refractivity (Wildman–Crippen MR) is 40.6 cm³/mol. The molecule has 3 heteroatoms. The first-order valence-electron chi connectivity index (χ1n) is 3.44. The third-order valence-electron chi connectivity index (χ3n) is 0.926. The van der Waals surface area contributed by atoms with Gasteiger partial charge in [-0.3, -0.25) is 0 Å². The third kappa shape index (κ3) is 2.64. The van der Waals surface area contributed by atoms with Crippen LogP contribution in [-0.2, 0) is 6.61 Å². The van der Waals surface area contributed by atoms with Crippen molar-refractivity contribution < 1.29 is 5.11 Å². The van der Waals surface area contributed by atoms with Crippen LogP contribution in [0.25, 0.3) is 0 Å². The van der Waals surface area contributed by atoms with Crippen molar-refractivity contribution in [2.45, 2.75) is 27.4 Å². The molecule has 0 aromatic carbocycles. The van der Waals surface area contributed by atoms with Crippen LogP contribution in [0, 0.1) is 6.92 Å². The van der Waals surface area contributed by atoms with Gasteiger partial charge in [0.25, 0.3) is 0 Å². The summed E-state index contributed by atoms with van der Waals surface area (Å²) in [6, 6.07) is 0. The molecule has 1 aromatic heterocycles. The van der Waals surface area contributed by atoms with Gasteiger partial charge in [0.15, 0.2) is 0 Å². The first-order valence-corrected chi connectivity index (χ1v) is 3.44. The number of aryl methyl sites for hydroxylation is 1. The fraction of sp³-hybridized carbons (Fsp3) is 0.571. The van der Waals surface area contributed by atoms with Crippen molar-refractivity contribution in [3.8, 4) is 0 Å². The SMILES string of the molecule is CC.Cc1ncc(CO)[nH]1. The van der Waals surface area contributed by atoms with E-state index < -0.39 is 0 Å². The standard InChI is InChI=1S/C5H8N2O.C2H6/c1-4-6-2-5(3-8)7-4;1-2/h2,8H,3H2,1H3,(H,6,7);1-2H3. The molecule has 0 fully saturated rings. The van der Waals surface area contributed by atoms with Crippen LogP contribution in [0.2, 0.25) is 0 Å². The molecule has 0 aliphatic carbocycles. The second-order valence-corrected chi connectivity index (χ2v) is 1.65. The van der Waals surface area contributed by atoms with E-state index in [1.54, 1.807) is 6.20 Å². The van der Waals surface area contributed by atoms with Crippen molar-refractivity contribution in [1.29, 1.82) is 0 Å². The molecule has 0 saturated heterocycles. The van der Waals surface area contributed by atoms with E-state index in [0.717, 1.165) is 11.5 Å². The molecule has 1 aromatic rings. The minimum Gasteiger partial charge on any atom is -0.390 e. The molecule has 0 radical (unpaired) electrons. The van der Waals surface area contributed by atoms with Crippen LogP contribution in [-0.4, -0.2) is 15.1 Å². The van der Waals surface area contributed by atoms with Crippen LogP contribution in [0.5, 0.6) is 0 Å². The molecule has 2 N–H and O–H groups in total. The summed E-state index contributed by atoms with van der Waals surface area (Å²) in [5, 5.41) is 8.48. The van der Waals surface area contributed by atoms with Gasteiger partial charge in [-0.2, -0.15) is 0 Å². The number of imidazole rings is 1. The Labute approximate surface area is 61.1 Å². The number of H-pyrrole nitrogens is 1. The monoisotopic (exact) mass is 142 g/mol. The Bertz CT molecular complexity index is 172. The third-order valence-corrected chi connectivity index (χ3v) is 0.926. The largest absolute Gasteiger partial charge is 0.390 e. The summed E-state index contributed by atoms with van der Waals surface area (Å²) in [7, 11) is 0. The van der Waals surface area contributed by atoms with Crippen molar-refractivity contribution in [3.05, 3.63) is 17.7 Å². The van der Waals surface area contributed by atoms with E-state index in [0.29, 0.717) is 0 Å². The van der Waals surface area contributed by atoms with Gasteiger partial charge >= 0.3 is 0 Å². The fourth-order valence-corrected chi connectivity index (χ4v) is 0.552. The summed E-state index contributed by atoms with van der Waals surface area (Å²) in [5.74, 6) is 0.842. The van der Waals surface area contributed by atoms with Gasteiger partial charge in [0.1, 0.15) is 5.82 Å². The second-order valence-electron chi connectivity index (χ2n) is 1.65. The lowest BCUT2D eigenvalue weighted by Gasteiger charge is -1.81. The highest BCUT2D eigenvalue weighted by Crippen LogP contribution is 1.92. The molecule has 3 nitrogen and oxygen atoms in total. The van der Waals surface area contributed by atoms with Gasteiger partial charge in [0.2, 0.25) is 0 Å². The lowest BCUT2D eigenvalue weighted by atomic mass is 10.5. The van der Waals surface area contributed by atoms with E-state index >= 15 is 0 Å². The molecular formula is C7H14N2O. The first-order chi connectivity index (χ1) is 4.83. The van der Waals surface area contributed by atoms with Gasteiger partial charge in [0, 0.05) is 0 Å². The number of rotatable bonds is 1. The van der Waals surface area contributed by atoms with Crippen molar-refractivity contribution in [3.63, 3.8) is 0 Å². The molecular weight excluding hydrogens is 128 g/mol. The molecule has 1 heterocycles. The molecule has 0 unspecified atom stereocenters. The van der Waals surface area contributed by atoms with Crippen LogP contribution >= 0.6 is 0 Å². The molecule has 58 valence electrons. The van der Waals surface area contributed by atoms with E-state index in [1.165, 1.54) is 0 Å². The summed E-state index contributed by atoms with van der Waals surface area (Å²) in [4.78, 5) is 6.74. The molecule has 0 spiro atoms. The van der Waals surface area contributed by atoms with Gasteiger partial charge in [-0.15, -0.1) is 0 Å². The topological polar surface area (TPSA) is 48.9 Å². The van der Waals surface area contributed by atoms with E-state index in [9.17, 15) is 0 Å². The van der Waals surface area contributed by atoms with Crippen LogP contribution in [0.15, 0.2) is 6.20 Å². The van der Waals surface area contributed by atoms with Crippen molar-refractivity contribution in [1.82, 2.24) is 9.97 Å². The quantitative estimate of drug-likeness (QED) is 0.619. The maximum Gasteiger partial charge on any atom is 0.103 e. The summed E-state index contributed by atoms with van der Waals surface area (Å²) in [6.45, 7) is 5.89. The van der Waals surface area contributed by atoms with Gasteiger partial charge in [-0.25, -0.2) is 4.98 Å². The second kappa shape index (κ2) is 4.99. The van der Waals surface area contributed by atoms with Crippen LogP contribution in [0.3, 0.4) is 0 Å². The van der Waals surface area contributed by atoms with Gasteiger partial charge in [-0.05, 0) is 6.92 Å². The van der Waals surface area contributed by atoms with Crippen molar-refractivity contribution in [2.75, 3.05) is 0 Å². The Kier molecular flexibility index (Phi) is 4.58. The normalized spacial score (nSPS) is 8.40. The van der Waals surface area contributed by atoms with Gasteiger partial charge < -0.3 is 10.1 Å². The number of aliphatic hydroxyl groups excluding tert-OH is 1. The lowest BCUT2D eigenvalue weighted by Crippen LogP contribution is -1.80. The first kappa shape index (κ1) is 9.17. The fourth-order valence-electron chi connectivity index (χ4n) is 0.552. The van der Waals surface area contributed by atoms with E-state index in [2.05, 4.69) is 9.97 Å². The predicted octanol–water partition coefficient (Wildman–Crippen LogP) is 1.24. The summed E-state index contributed by atoms with van der Waals surface area (Å²) in [6.07, 6.45) is 1.62. The van der Waals surface area contributed by atoms with Crippen molar-refractivity contribution >= 4 is 0 Å². The Morgan fingerprint density at radius 3 is 2.40 bits per heavy atom. The Morgan fingerprint density at radius 2 is 2.20 bits per heavy atom. The zero-order chi connectivity index (χ0) is 7.98. The molecule has 0 aliphatic rings. The maximum atomic E-state index is 8.48. The Morgan fingerprint density at radius 1 is 1.60 bits per heavy atom.